The highest BCUT2D eigenvalue weighted by molar-refractivity contribution is 9.10. The van der Waals surface area contributed by atoms with E-state index in [1.165, 1.54) is 4.90 Å². The first kappa shape index (κ1) is 16.4. The Morgan fingerprint density at radius 2 is 1.76 bits per heavy atom. The second-order valence-corrected chi connectivity index (χ2v) is 6.98. The van der Waals surface area contributed by atoms with Gasteiger partial charge in [-0.05, 0) is 42.0 Å². The van der Waals surface area contributed by atoms with Crippen LogP contribution in [0.3, 0.4) is 0 Å². The van der Waals surface area contributed by atoms with Crippen molar-refractivity contribution < 1.29 is 4.79 Å². The highest BCUT2D eigenvalue weighted by Gasteiger charge is 2.03. The number of benzene rings is 2. The van der Waals surface area contributed by atoms with Gasteiger partial charge in [0.2, 0.25) is 5.91 Å². The first-order valence-corrected chi connectivity index (χ1v) is 8.68. The van der Waals surface area contributed by atoms with E-state index >= 15 is 0 Å². The molecule has 2 rings (SSSR count). The van der Waals surface area contributed by atoms with Crippen LogP contribution >= 0.6 is 39.3 Å². The number of carbonyl (C=O) groups excluding carboxylic acids is 1. The van der Waals surface area contributed by atoms with Gasteiger partial charge in [-0.3, -0.25) is 4.79 Å². The summed E-state index contributed by atoms with van der Waals surface area (Å²) in [6, 6.07) is 15.5. The van der Waals surface area contributed by atoms with Crippen molar-refractivity contribution in [3.63, 3.8) is 0 Å². The molecule has 0 aliphatic carbocycles. The van der Waals surface area contributed by atoms with Crippen LogP contribution in [0.4, 0.5) is 0 Å². The Morgan fingerprint density at radius 3 is 2.43 bits per heavy atom. The van der Waals surface area contributed by atoms with E-state index in [1.54, 1.807) is 23.9 Å². The van der Waals surface area contributed by atoms with Crippen LogP contribution in [-0.4, -0.2) is 18.2 Å². The molecule has 5 heteroatoms. The lowest BCUT2D eigenvalue weighted by Gasteiger charge is -2.06. The maximum atomic E-state index is 11.8. The van der Waals surface area contributed by atoms with E-state index in [9.17, 15) is 4.79 Å². The third kappa shape index (κ3) is 6.12. The van der Waals surface area contributed by atoms with Gasteiger partial charge in [0, 0.05) is 26.7 Å². The second kappa shape index (κ2) is 8.47. The fourth-order valence-corrected chi connectivity index (χ4v) is 2.90. The second-order valence-electron chi connectivity index (χ2n) is 4.46. The third-order valence-corrected chi connectivity index (χ3v) is 4.58. The summed E-state index contributed by atoms with van der Waals surface area (Å²) in [5, 5.41) is 3.61. The van der Waals surface area contributed by atoms with Crippen LogP contribution in [0.1, 0.15) is 5.56 Å². The van der Waals surface area contributed by atoms with Crippen molar-refractivity contribution in [1.82, 2.24) is 5.32 Å². The molecule has 0 fully saturated rings. The van der Waals surface area contributed by atoms with Gasteiger partial charge in [0.1, 0.15) is 0 Å². The largest absolute Gasteiger partial charge is 0.355 e. The molecule has 110 valence electrons. The van der Waals surface area contributed by atoms with Gasteiger partial charge in [0.15, 0.2) is 0 Å². The van der Waals surface area contributed by atoms with Crippen LogP contribution in [0.25, 0.3) is 0 Å². The van der Waals surface area contributed by atoms with Crippen molar-refractivity contribution in [1.29, 1.82) is 0 Å². The van der Waals surface area contributed by atoms with Gasteiger partial charge in [-0.25, -0.2) is 0 Å². The Labute approximate surface area is 142 Å². The predicted octanol–water partition coefficient (Wildman–Crippen LogP) is 4.55. The Morgan fingerprint density at radius 1 is 1.10 bits per heavy atom. The minimum atomic E-state index is 0.0359. The summed E-state index contributed by atoms with van der Waals surface area (Å²) in [4.78, 5) is 13.0. The number of hydrogen-bond donors (Lipinski definition) is 1. The molecule has 0 aliphatic rings. The Hall–Kier alpha value is -0.970. The first-order valence-electron chi connectivity index (χ1n) is 6.53. The highest BCUT2D eigenvalue weighted by Crippen LogP contribution is 2.19. The normalized spacial score (nSPS) is 10.4. The van der Waals surface area contributed by atoms with Crippen molar-refractivity contribution in [2.24, 2.45) is 0 Å². The summed E-state index contributed by atoms with van der Waals surface area (Å²) in [5.41, 5.74) is 0.970. The fraction of sp³-hybridized carbons (Fsp3) is 0.188. The van der Waals surface area contributed by atoms with E-state index in [4.69, 9.17) is 11.6 Å². The molecular formula is C16H15BrClNOS. The first-order chi connectivity index (χ1) is 10.1. The number of hydrogen-bond acceptors (Lipinski definition) is 2. The molecule has 2 nitrogen and oxygen atoms in total. The minimum absolute atomic E-state index is 0.0359. The molecule has 0 bridgehead atoms. The summed E-state index contributed by atoms with van der Waals surface area (Å²) in [6.45, 7) is 0.660. The highest BCUT2D eigenvalue weighted by atomic mass is 79.9. The molecule has 0 heterocycles. The third-order valence-electron chi connectivity index (χ3n) is 2.78. The number of carbonyl (C=O) groups is 1. The van der Waals surface area contributed by atoms with Gasteiger partial charge < -0.3 is 5.32 Å². The summed E-state index contributed by atoms with van der Waals surface area (Å²) in [5.74, 6) is 0.891. The SMILES string of the molecule is O=C(Cc1ccc(Cl)cc1)NCCSc1ccc(Br)cc1. The van der Waals surface area contributed by atoms with Crippen LogP contribution < -0.4 is 5.32 Å². The topological polar surface area (TPSA) is 29.1 Å². The van der Waals surface area contributed by atoms with Crippen molar-refractivity contribution >= 4 is 45.2 Å². The Bertz CT molecular complexity index is 586. The van der Waals surface area contributed by atoms with Gasteiger partial charge in [0.25, 0.3) is 0 Å². The van der Waals surface area contributed by atoms with E-state index in [1.807, 2.05) is 24.3 Å². The summed E-state index contributed by atoms with van der Waals surface area (Å²) in [7, 11) is 0. The average Bonchev–Trinajstić information content (AvgIpc) is 2.48. The zero-order valence-electron chi connectivity index (χ0n) is 11.3. The van der Waals surface area contributed by atoms with E-state index < -0.39 is 0 Å². The Kier molecular flexibility index (Phi) is 6.61. The number of halogens is 2. The van der Waals surface area contributed by atoms with E-state index in [2.05, 4.69) is 33.4 Å². The summed E-state index contributed by atoms with van der Waals surface area (Å²) >= 11 is 10.9. The summed E-state index contributed by atoms with van der Waals surface area (Å²) < 4.78 is 1.07. The molecule has 0 saturated heterocycles. The molecule has 0 aromatic heterocycles. The maximum absolute atomic E-state index is 11.8. The van der Waals surface area contributed by atoms with E-state index in [-0.39, 0.29) is 5.91 Å². The molecule has 2 aromatic carbocycles. The molecule has 1 amide bonds. The van der Waals surface area contributed by atoms with E-state index in [0.29, 0.717) is 18.0 Å². The van der Waals surface area contributed by atoms with E-state index in [0.717, 1.165) is 15.8 Å². The number of rotatable bonds is 6. The monoisotopic (exact) mass is 383 g/mol. The number of amides is 1. The smallest absolute Gasteiger partial charge is 0.224 e. The maximum Gasteiger partial charge on any atom is 0.224 e. The molecule has 2 aromatic rings. The van der Waals surface area contributed by atoms with Crippen LogP contribution in [0.5, 0.6) is 0 Å². The standard InChI is InChI=1S/C16H15BrClNOS/c17-13-3-7-15(8-4-13)21-10-9-19-16(20)11-12-1-5-14(18)6-2-12/h1-8H,9-11H2,(H,19,20). The molecule has 1 N–H and O–H groups in total. The number of nitrogens with one attached hydrogen (secondary N) is 1. The lowest BCUT2D eigenvalue weighted by atomic mass is 10.1. The van der Waals surface area contributed by atoms with Crippen LogP contribution in [0.15, 0.2) is 57.9 Å². The average molecular weight is 385 g/mol. The fourth-order valence-electron chi connectivity index (χ4n) is 1.74. The summed E-state index contributed by atoms with van der Waals surface area (Å²) in [6.07, 6.45) is 0.389. The molecule has 0 unspecified atom stereocenters. The zero-order valence-corrected chi connectivity index (χ0v) is 14.5. The zero-order chi connectivity index (χ0) is 15.1. The molecule has 0 radical (unpaired) electrons. The molecule has 0 spiro atoms. The molecule has 0 aliphatic heterocycles. The minimum Gasteiger partial charge on any atom is -0.355 e. The van der Waals surface area contributed by atoms with Gasteiger partial charge in [-0.2, -0.15) is 0 Å². The lowest BCUT2D eigenvalue weighted by Crippen LogP contribution is -2.27. The van der Waals surface area contributed by atoms with Crippen LogP contribution in [0, 0.1) is 0 Å². The Balaban J connectivity index is 1.67. The predicted molar refractivity (Wildman–Crippen MR) is 93.0 cm³/mol. The van der Waals surface area contributed by atoms with Gasteiger partial charge in [-0.15, -0.1) is 11.8 Å². The molecular weight excluding hydrogens is 370 g/mol. The number of thioether (sulfide) groups is 1. The van der Waals surface area contributed by atoms with Crippen molar-refractivity contribution in [3.8, 4) is 0 Å². The molecule has 21 heavy (non-hydrogen) atoms. The van der Waals surface area contributed by atoms with Crippen molar-refractivity contribution in [3.05, 3.63) is 63.6 Å². The molecule has 0 saturated carbocycles. The molecule has 0 atom stereocenters. The van der Waals surface area contributed by atoms with Crippen molar-refractivity contribution in [2.45, 2.75) is 11.3 Å². The lowest BCUT2D eigenvalue weighted by molar-refractivity contribution is -0.120. The van der Waals surface area contributed by atoms with Crippen LogP contribution in [0.2, 0.25) is 5.02 Å². The van der Waals surface area contributed by atoms with Gasteiger partial charge in [-0.1, -0.05) is 39.7 Å². The van der Waals surface area contributed by atoms with Gasteiger partial charge in [0.05, 0.1) is 6.42 Å². The van der Waals surface area contributed by atoms with Gasteiger partial charge >= 0.3 is 0 Å². The van der Waals surface area contributed by atoms with Crippen LogP contribution in [-0.2, 0) is 11.2 Å². The van der Waals surface area contributed by atoms with Crippen molar-refractivity contribution in [2.75, 3.05) is 12.3 Å². The quantitative estimate of drug-likeness (QED) is 0.584.